The molecule has 0 aliphatic carbocycles. The Morgan fingerprint density at radius 2 is 2.29 bits per heavy atom. The van der Waals surface area contributed by atoms with Gasteiger partial charge in [0.15, 0.2) is 0 Å². The van der Waals surface area contributed by atoms with E-state index in [1.807, 2.05) is 36.6 Å². The van der Waals surface area contributed by atoms with Crippen molar-refractivity contribution >= 4 is 22.7 Å². The van der Waals surface area contributed by atoms with Crippen LogP contribution in [0.3, 0.4) is 0 Å². The van der Waals surface area contributed by atoms with Crippen molar-refractivity contribution in [2.45, 2.75) is 13.0 Å². The van der Waals surface area contributed by atoms with Crippen molar-refractivity contribution in [3.63, 3.8) is 0 Å². The van der Waals surface area contributed by atoms with Crippen LogP contribution in [-0.4, -0.2) is 40.5 Å². The first-order chi connectivity index (χ1) is 11.6. The Balaban J connectivity index is 1.96. The van der Waals surface area contributed by atoms with Gasteiger partial charge in [0, 0.05) is 17.5 Å². The van der Waals surface area contributed by atoms with Gasteiger partial charge in [-0.3, -0.25) is 5.41 Å². The smallest absolute Gasteiger partial charge is 0.135 e. The van der Waals surface area contributed by atoms with E-state index >= 15 is 0 Å². The van der Waals surface area contributed by atoms with Gasteiger partial charge in [-0.05, 0) is 19.1 Å². The number of ether oxygens (including phenoxy) is 1. The Bertz CT molecular complexity index is 825. The minimum atomic E-state index is -0.241. The highest BCUT2D eigenvalue weighted by atomic mass is 32.1. The molecule has 2 aromatic rings. The second-order valence-electron chi connectivity index (χ2n) is 5.50. The van der Waals surface area contributed by atoms with Crippen molar-refractivity contribution in [2.75, 3.05) is 13.7 Å². The molecule has 0 radical (unpaired) electrons. The molecular formula is C18H19N3O2S. The van der Waals surface area contributed by atoms with Crippen molar-refractivity contribution < 1.29 is 9.84 Å². The van der Waals surface area contributed by atoms with Gasteiger partial charge in [-0.1, -0.05) is 18.2 Å². The molecule has 0 saturated carbocycles. The third-order valence-corrected chi connectivity index (χ3v) is 4.91. The third-order valence-electron chi connectivity index (χ3n) is 4.05. The summed E-state index contributed by atoms with van der Waals surface area (Å²) >= 11 is 1.42. The van der Waals surface area contributed by atoms with Gasteiger partial charge in [0.2, 0.25) is 0 Å². The Morgan fingerprint density at radius 3 is 3.00 bits per heavy atom. The lowest BCUT2D eigenvalue weighted by Crippen LogP contribution is -2.33. The average Bonchev–Trinajstić information content (AvgIpc) is 3.15. The summed E-state index contributed by atoms with van der Waals surface area (Å²) in [4.78, 5) is 6.42. The number of amidine groups is 1. The first-order valence-electron chi connectivity index (χ1n) is 7.56. The third kappa shape index (κ3) is 2.69. The number of aromatic nitrogens is 1. The summed E-state index contributed by atoms with van der Waals surface area (Å²) in [5.74, 6) is 1.24. The van der Waals surface area contributed by atoms with Crippen molar-refractivity contribution in [3.8, 4) is 17.0 Å². The quantitative estimate of drug-likeness (QED) is 0.808. The lowest BCUT2D eigenvalue weighted by Gasteiger charge is -2.22. The molecule has 0 saturated heterocycles. The maximum absolute atomic E-state index is 10.4. The van der Waals surface area contributed by atoms with Gasteiger partial charge in [-0.15, -0.1) is 17.9 Å². The van der Waals surface area contributed by atoms with Crippen LogP contribution in [0, 0.1) is 5.41 Å². The van der Waals surface area contributed by atoms with Crippen LogP contribution in [0.4, 0.5) is 0 Å². The predicted molar refractivity (Wildman–Crippen MR) is 97.7 cm³/mol. The normalized spacial score (nSPS) is 17.5. The zero-order valence-electron chi connectivity index (χ0n) is 13.6. The van der Waals surface area contributed by atoms with E-state index in [4.69, 9.17) is 10.1 Å². The molecule has 0 fully saturated rings. The molecule has 5 nitrogen and oxygen atoms in total. The highest BCUT2D eigenvalue weighted by Crippen LogP contribution is 2.35. The summed E-state index contributed by atoms with van der Waals surface area (Å²) in [5, 5.41) is 21.4. The summed E-state index contributed by atoms with van der Waals surface area (Å²) in [5.41, 5.74) is 2.25. The van der Waals surface area contributed by atoms with E-state index < -0.39 is 0 Å². The number of hydrogen-bond donors (Lipinski definition) is 2. The molecular weight excluding hydrogens is 322 g/mol. The molecule has 2 N–H and O–H groups in total. The zero-order chi connectivity index (χ0) is 17.3. The number of rotatable bonds is 5. The summed E-state index contributed by atoms with van der Waals surface area (Å²) in [6.07, 6.45) is 1.73. The van der Waals surface area contributed by atoms with Gasteiger partial charge in [0.1, 0.15) is 22.4 Å². The number of nitrogens with zero attached hydrogens (tertiary/aromatic N) is 2. The van der Waals surface area contributed by atoms with E-state index in [1.165, 1.54) is 11.3 Å². The molecule has 3 rings (SSSR count). The van der Waals surface area contributed by atoms with Crippen LogP contribution in [-0.2, 0) is 0 Å². The Morgan fingerprint density at radius 1 is 1.50 bits per heavy atom. The minimum absolute atomic E-state index is 0.188. The molecule has 1 aliphatic heterocycles. The number of aliphatic hydroxyl groups excluding tert-OH is 1. The first kappa shape index (κ1) is 16.3. The summed E-state index contributed by atoms with van der Waals surface area (Å²) < 4.78 is 5.25. The van der Waals surface area contributed by atoms with Gasteiger partial charge in [0.25, 0.3) is 0 Å². The number of aliphatic hydroxyl groups is 1. The van der Waals surface area contributed by atoms with E-state index in [0.29, 0.717) is 17.1 Å². The van der Waals surface area contributed by atoms with Gasteiger partial charge in [-0.25, -0.2) is 4.98 Å². The zero-order valence-corrected chi connectivity index (χ0v) is 14.4. The van der Waals surface area contributed by atoms with Gasteiger partial charge < -0.3 is 14.7 Å². The maximum Gasteiger partial charge on any atom is 0.135 e. The van der Waals surface area contributed by atoms with Crippen LogP contribution in [0.2, 0.25) is 0 Å². The van der Waals surface area contributed by atoms with E-state index in [0.717, 1.165) is 17.0 Å². The predicted octanol–water partition coefficient (Wildman–Crippen LogP) is 3.96. The van der Waals surface area contributed by atoms with Crippen molar-refractivity contribution in [3.05, 3.63) is 53.1 Å². The lowest BCUT2D eigenvalue weighted by atomic mass is 10.1. The molecule has 2 heterocycles. The topological polar surface area (TPSA) is 69.4 Å². The monoisotopic (exact) mass is 341 g/mol. The molecule has 0 bridgehead atoms. The number of hydrogen-bond acceptors (Lipinski definition) is 5. The Hall–Kier alpha value is -2.60. The largest absolute Gasteiger partial charge is 0.509 e. The fraction of sp³-hybridized carbons (Fsp3) is 0.222. The van der Waals surface area contributed by atoms with E-state index in [1.54, 1.807) is 18.1 Å². The van der Waals surface area contributed by atoms with Gasteiger partial charge >= 0.3 is 0 Å². The second kappa shape index (κ2) is 6.49. The molecule has 1 atom stereocenters. The van der Waals surface area contributed by atoms with Crippen LogP contribution in [0.5, 0.6) is 5.75 Å². The maximum atomic E-state index is 10.4. The SMILES string of the molecule is C=CCN1C(=N)C(c2nc(-c3cccc(OC)c3)cs2)=C(O)C1C. The average molecular weight is 341 g/mol. The molecule has 1 aliphatic rings. The van der Waals surface area contributed by atoms with Crippen molar-refractivity contribution in [2.24, 2.45) is 0 Å². The summed E-state index contributed by atoms with van der Waals surface area (Å²) in [6.45, 7) is 6.10. The molecule has 0 amide bonds. The molecule has 1 aromatic carbocycles. The second-order valence-corrected chi connectivity index (χ2v) is 6.35. The molecule has 6 heteroatoms. The Labute approximate surface area is 145 Å². The Kier molecular flexibility index (Phi) is 4.40. The molecule has 124 valence electrons. The van der Waals surface area contributed by atoms with Gasteiger partial charge in [-0.2, -0.15) is 0 Å². The van der Waals surface area contributed by atoms with Crippen molar-refractivity contribution in [1.82, 2.24) is 9.88 Å². The van der Waals surface area contributed by atoms with Crippen LogP contribution >= 0.6 is 11.3 Å². The van der Waals surface area contributed by atoms with Gasteiger partial charge in [0.05, 0.1) is 24.4 Å². The fourth-order valence-corrected chi connectivity index (χ4v) is 3.60. The standard InChI is InChI=1S/C18H19N3O2S/c1-4-8-21-11(2)16(22)15(17(21)19)18-20-14(10-24-18)12-6-5-7-13(9-12)23-3/h4-7,9-11,19,22H,1,8H2,2-3H3. The van der Waals surface area contributed by atoms with Crippen LogP contribution in [0.15, 0.2) is 48.1 Å². The molecule has 1 unspecified atom stereocenters. The highest BCUT2D eigenvalue weighted by Gasteiger charge is 2.35. The fourth-order valence-electron chi connectivity index (χ4n) is 2.72. The number of nitrogens with one attached hydrogen (secondary N) is 1. The molecule has 24 heavy (non-hydrogen) atoms. The van der Waals surface area contributed by atoms with Crippen LogP contribution < -0.4 is 4.74 Å². The minimum Gasteiger partial charge on any atom is -0.509 e. The van der Waals surface area contributed by atoms with Crippen LogP contribution in [0.25, 0.3) is 16.8 Å². The van der Waals surface area contributed by atoms with Crippen molar-refractivity contribution in [1.29, 1.82) is 5.41 Å². The molecule has 0 spiro atoms. The van der Waals surface area contributed by atoms with E-state index in [2.05, 4.69) is 11.6 Å². The number of methoxy groups -OCH3 is 1. The first-order valence-corrected chi connectivity index (χ1v) is 8.44. The molecule has 1 aromatic heterocycles. The number of thiazole rings is 1. The summed E-state index contributed by atoms with van der Waals surface area (Å²) in [7, 11) is 1.63. The van der Waals surface area contributed by atoms with Crippen LogP contribution in [0.1, 0.15) is 11.9 Å². The van der Waals surface area contributed by atoms with E-state index in [9.17, 15) is 5.11 Å². The highest BCUT2D eigenvalue weighted by molar-refractivity contribution is 7.11. The number of benzene rings is 1. The van der Waals surface area contributed by atoms with E-state index in [-0.39, 0.29) is 17.6 Å². The lowest BCUT2D eigenvalue weighted by molar-refractivity contribution is 0.300. The summed E-state index contributed by atoms with van der Waals surface area (Å²) in [6, 6.07) is 7.43.